The monoisotopic (exact) mass is 219 g/mol. The minimum atomic E-state index is 0.321. The van der Waals surface area contributed by atoms with Gasteiger partial charge in [0.1, 0.15) is 0 Å². The van der Waals surface area contributed by atoms with Crippen LogP contribution >= 0.6 is 0 Å². The van der Waals surface area contributed by atoms with Gasteiger partial charge < -0.3 is 4.90 Å². The zero-order valence-corrected chi connectivity index (χ0v) is 10.0. The molecule has 0 amide bonds. The molecule has 0 spiro atoms. The van der Waals surface area contributed by atoms with Crippen LogP contribution in [0.5, 0.6) is 0 Å². The van der Waals surface area contributed by atoms with Crippen molar-refractivity contribution in [1.29, 1.82) is 0 Å². The van der Waals surface area contributed by atoms with Crippen LogP contribution in [-0.4, -0.2) is 30.3 Å². The molecule has 1 atom stereocenters. The number of carbonyl (C=O) groups is 1. The number of nitrogens with zero attached hydrogens (tertiary/aromatic N) is 1. The van der Waals surface area contributed by atoms with Crippen molar-refractivity contribution in [3.63, 3.8) is 0 Å². The van der Waals surface area contributed by atoms with E-state index >= 15 is 0 Å². The molecule has 1 saturated heterocycles. The highest BCUT2D eigenvalue weighted by molar-refractivity contribution is 6.00. The topological polar surface area (TPSA) is 20.3 Å². The SMILES string of the molecule is O=C1C2=C(CCCC2)CC1CN1CCCC1. The summed E-state index contributed by atoms with van der Waals surface area (Å²) in [6, 6.07) is 0. The molecular weight excluding hydrogens is 198 g/mol. The quantitative estimate of drug-likeness (QED) is 0.711. The minimum Gasteiger partial charge on any atom is -0.303 e. The highest BCUT2D eigenvalue weighted by atomic mass is 16.1. The highest BCUT2D eigenvalue weighted by Crippen LogP contribution is 2.38. The van der Waals surface area contributed by atoms with E-state index in [2.05, 4.69) is 4.90 Å². The van der Waals surface area contributed by atoms with Crippen molar-refractivity contribution in [3.8, 4) is 0 Å². The standard InChI is InChI=1S/C14H21NO/c16-14-12(10-15-7-3-4-8-15)9-11-5-1-2-6-13(11)14/h12H,1-10H2. The fourth-order valence-corrected chi connectivity index (χ4v) is 3.55. The van der Waals surface area contributed by atoms with Crippen LogP contribution in [0.2, 0.25) is 0 Å². The molecule has 0 aromatic carbocycles. The van der Waals surface area contributed by atoms with E-state index in [1.165, 1.54) is 56.3 Å². The van der Waals surface area contributed by atoms with Crippen molar-refractivity contribution in [2.45, 2.75) is 44.9 Å². The average Bonchev–Trinajstić information content (AvgIpc) is 2.90. The first-order valence-electron chi connectivity index (χ1n) is 6.82. The van der Waals surface area contributed by atoms with Gasteiger partial charge in [-0.3, -0.25) is 4.79 Å². The van der Waals surface area contributed by atoms with Crippen molar-refractivity contribution < 1.29 is 4.79 Å². The lowest BCUT2D eigenvalue weighted by Gasteiger charge is -2.18. The first kappa shape index (κ1) is 10.5. The Labute approximate surface area is 97.7 Å². The summed E-state index contributed by atoms with van der Waals surface area (Å²) in [7, 11) is 0. The van der Waals surface area contributed by atoms with Crippen LogP contribution in [0.15, 0.2) is 11.1 Å². The number of Topliss-reactive ketones (excluding diaryl/α,β-unsaturated/α-hetero) is 1. The number of carbonyl (C=O) groups excluding carboxylic acids is 1. The molecule has 0 aromatic heterocycles. The predicted molar refractivity (Wildman–Crippen MR) is 64.3 cm³/mol. The molecule has 0 aromatic rings. The largest absolute Gasteiger partial charge is 0.303 e. The summed E-state index contributed by atoms with van der Waals surface area (Å²) >= 11 is 0. The second-order valence-electron chi connectivity index (χ2n) is 5.56. The van der Waals surface area contributed by atoms with Crippen LogP contribution in [0.4, 0.5) is 0 Å². The van der Waals surface area contributed by atoms with Crippen molar-refractivity contribution in [2.24, 2.45) is 5.92 Å². The summed E-state index contributed by atoms with van der Waals surface area (Å²) < 4.78 is 0. The number of hydrogen-bond donors (Lipinski definition) is 0. The molecule has 0 N–H and O–H groups in total. The van der Waals surface area contributed by atoms with Crippen molar-refractivity contribution in [1.82, 2.24) is 4.90 Å². The molecule has 1 aliphatic heterocycles. The zero-order chi connectivity index (χ0) is 11.0. The summed E-state index contributed by atoms with van der Waals surface area (Å²) in [6.45, 7) is 3.47. The predicted octanol–water partition coefficient (Wildman–Crippen LogP) is 2.54. The molecule has 3 rings (SSSR count). The lowest BCUT2D eigenvalue weighted by molar-refractivity contribution is -0.118. The summed E-state index contributed by atoms with van der Waals surface area (Å²) in [5, 5.41) is 0. The number of hydrogen-bond acceptors (Lipinski definition) is 2. The van der Waals surface area contributed by atoms with E-state index in [-0.39, 0.29) is 0 Å². The van der Waals surface area contributed by atoms with Crippen molar-refractivity contribution in [3.05, 3.63) is 11.1 Å². The Morgan fingerprint density at radius 1 is 1.06 bits per heavy atom. The number of ketones is 1. The molecule has 2 nitrogen and oxygen atoms in total. The summed E-state index contributed by atoms with van der Waals surface area (Å²) in [5.41, 5.74) is 2.75. The molecule has 0 saturated carbocycles. The third-order valence-electron chi connectivity index (χ3n) is 4.42. The summed E-state index contributed by atoms with van der Waals surface area (Å²) in [6.07, 6.45) is 8.57. The molecule has 2 heteroatoms. The van der Waals surface area contributed by atoms with Gasteiger partial charge in [0.15, 0.2) is 5.78 Å². The Hall–Kier alpha value is -0.630. The Kier molecular flexibility index (Phi) is 2.84. The summed E-state index contributed by atoms with van der Waals surface area (Å²) in [4.78, 5) is 14.7. The van der Waals surface area contributed by atoms with Gasteiger partial charge in [0.05, 0.1) is 0 Å². The second-order valence-corrected chi connectivity index (χ2v) is 5.56. The van der Waals surface area contributed by atoms with Crippen LogP contribution in [0.25, 0.3) is 0 Å². The number of rotatable bonds is 2. The van der Waals surface area contributed by atoms with Gasteiger partial charge in [0.25, 0.3) is 0 Å². The van der Waals surface area contributed by atoms with E-state index in [1.54, 1.807) is 0 Å². The molecule has 3 aliphatic rings. The molecule has 0 bridgehead atoms. The number of likely N-dealkylation sites (tertiary alicyclic amines) is 1. The van der Waals surface area contributed by atoms with E-state index in [4.69, 9.17) is 0 Å². The van der Waals surface area contributed by atoms with Crippen LogP contribution in [0, 0.1) is 5.92 Å². The Balaban J connectivity index is 1.65. The zero-order valence-electron chi connectivity index (χ0n) is 10.0. The molecular formula is C14H21NO. The van der Waals surface area contributed by atoms with Crippen LogP contribution in [-0.2, 0) is 4.79 Å². The number of allylic oxidation sites excluding steroid dienone is 2. The fraction of sp³-hybridized carbons (Fsp3) is 0.786. The van der Waals surface area contributed by atoms with Crippen molar-refractivity contribution >= 4 is 5.78 Å². The van der Waals surface area contributed by atoms with E-state index in [1.807, 2.05) is 0 Å². The van der Waals surface area contributed by atoms with Gasteiger partial charge >= 0.3 is 0 Å². The molecule has 2 aliphatic carbocycles. The van der Waals surface area contributed by atoms with E-state index < -0.39 is 0 Å². The Morgan fingerprint density at radius 3 is 2.56 bits per heavy atom. The molecule has 88 valence electrons. The molecule has 1 heterocycles. The first-order valence-corrected chi connectivity index (χ1v) is 6.82. The molecule has 1 fully saturated rings. The molecule has 0 radical (unpaired) electrons. The maximum Gasteiger partial charge on any atom is 0.163 e. The first-order chi connectivity index (χ1) is 7.84. The van der Waals surface area contributed by atoms with Gasteiger partial charge in [0.2, 0.25) is 0 Å². The third kappa shape index (κ3) is 1.84. The van der Waals surface area contributed by atoms with Gasteiger partial charge in [-0.25, -0.2) is 0 Å². The van der Waals surface area contributed by atoms with Gasteiger partial charge in [-0.2, -0.15) is 0 Å². The highest BCUT2D eigenvalue weighted by Gasteiger charge is 2.34. The van der Waals surface area contributed by atoms with Crippen molar-refractivity contribution in [2.75, 3.05) is 19.6 Å². The van der Waals surface area contributed by atoms with Gasteiger partial charge in [-0.05, 0) is 63.6 Å². The van der Waals surface area contributed by atoms with Gasteiger partial charge in [-0.1, -0.05) is 5.57 Å². The van der Waals surface area contributed by atoms with Gasteiger partial charge in [-0.15, -0.1) is 0 Å². The Morgan fingerprint density at radius 2 is 1.81 bits per heavy atom. The van der Waals surface area contributed by atoms with Crippen LogP contribution in [0.3, 0.4) is 0 Å². The lowest BCUT2D eigenvalue weighted by atomic mass is 9.94. The van der Waals surface area contributed by atoms with Gasteiger partial charge in [0, 0.05) is 12.5 Å². The maximum atomic E-state index is 12.2. The normalized spacial score (nSPS) is 31.2. The fourth-order valence-electron chi connectivity index (χ4n) is 3.55. The molecule has 1 unspecified atom stereocenters. The van der Waals surface area contributed by atoms with E-state index in [0.717, 1.165) is 19.4 Å². The average molecular weight is 219 g/mol. The lowest BCUT2D eigenvalue weighted by Crippen LogP contribution is -2.29. The van der Waals surface area contributed by atoms with E-state index in [0.29, 0.717) is 11.7 Å². The Bertz CT molecular complexity index is 326. The second kappa shape index (κ2) is 4.33. The minimum absolute atomic E-state index is 0.321. The molecule has 16 heavy (non-hydrogen) atoms. The maximum absolute atomic E-state index is 12.2. The third-order valence-corrected chi connectivity index (χ3v) is 4.42. The summed E-state index contributed by atoms with van der Waals surface area (Å²) in [5.74, 6) is 0.822. The van der Waals surface area contributed by atoms with E-state index in [9.17, 15) is 4.79 Å². The smallest absolute Gasteiger partial charge is 0.163 e. The van der Waals surface area contributed by atoms with Crippen LogP contribution < -0.4 is 0 Å². The van der Waals surface area contributed by atoms with Crippen LogP contribution in [0.1, 0.15) is 44.9 Å².